The zero-order valence-corrected chi connectivity index (χ0v) is 22.9. The zero-order chi connectivity index (χ0) is 28.5. The lowest BCUT2D eigenvalue weighted by Crippen LogP contribution is -2.00. The second kappa shape index (κ2) is 8.90. The number of para-hydroxylation sites is 6. The van der Waals surface area contributed by atoms with Gasteiger partial charge in [-0.05, 0) is 72.3 Å². The Morgan fingerprint density at radius 2 is 1.33 bits per heavy atom. The fraction of sp³-hybridized carbons (Fsp3) is 0. The molecule has 0 N–H and O–H groups in total. The Balaban J connectivity index is 1.35. The molecule has 0 fully saturated rings. The molecule has 0 atom stereocenters. The van der Waals surface area contributed by atoms with E-state index in [1.807, 2.05) is 48.7 Å². The van der Waals surface area contributed by atoms with E-state index in [0.717, 1.165) is 72.3 Å². The van der Waals surface area contributed by atoms with Gasteiger partial charge >= 0.3 is 0 Å². The maximum Gasteiger partial charge on any atom is 0.220 e. The summed E-state index contributed by atoms with van der Waals surface area (Å²) in [5.41, 5.74) is 10.5. The van der Waals surface area contributed by atoms with Crippen molar-refractivity contribution in [1.29, 1.82) is 5.26 Å². The first kappa shape index (κ1) is 23.5. The van der Waals surface area contributed by atoms with Crippen LogP contribution >= 0.6 is 0 Å². The van der Waals surface area contributed by atoms with Crippen LogP contribution in [0.2, 0.25) is 0 Å². The molecule has 0 saturated heterocycles. The molecule has 6 nitrogen and oxygen atoms in total. The molecule has 0 bridgehead atoms. The molecule has 9 rings (SSSR count). The van der Waals surface area contributed by atoms with Gasteiger partial charge in [0.15, 0.2) is 0 Å². The van der Waals surface area contributed by atoms with Gasteiger partial charge in [-0.15, -0.1) is 0 Å². The normalized spacial score (nSPS) is 11.7. The lowest BCUT2D eigenvalue weighted by atomic mass is 10.00. The molecule has 0 amide bonds. The Hall–Kier alpha value is -6.19. The highest BCUT2D eigenvalue weighted by Crippen LogP contribution is 2.37. The van der Waals surface area contributed by atoms with Crippen molar-refractivity contribution < 1.29 is 0 Å². The minimum atomic E-state index is 0.582. The van der Waals surface area contributed by atoms with Gasteiger partial charge in [0.1, 0.15) is 5.65 Å². The van der Waals surface area contributed by atoms with E-state index in [0.29, 0.717) is 5.56 Å². The Morgan fingerprint density at radius 1 is 0.605 bits per heavy atom. The van der Waals surface area contributed by atoms with Crippen LogP contribution in [0, 0.1) is 11.3 Å². The number of nitriles is 1. The second-order valence-electron chi connectivity index (χ2n) is 10.7. The predicted octanol–water partition coefficient (Wildman–Crippen LogP) is 8.46. The van der Waals surface area contributed by atoms with E-state index >= 15 is 0 Å². The van der Waals surface area contributed by atoms with Crippen molar-refractivity contribution in [2.24, 2.45) is 0 Å². The van der Waals surface area contributed by atoms with Crippen LogP contribution in [-0.4, -0.2) is 23.5 Å². The minimum Gasteiger partial charge on any atom is -0.294 e. The molecular weight excluding hydrogens is 528 g/mol. The first-order valence-electron chi connectivity index (χ1n) is 14.2. The van der Waals surface area contributed by atoms with E-state index in [4.69, 9.17) is 9.97 Å². The monoisotopic (exact) mass is 550 g/mol. The Labute approximate surface area is 245 Å². The smallest absolute Gasteiger partial charge is 0.220 e. The van der Waals surface area contributed by atoms with E-state index in [1.165, 1.54) is 0 Å². The van der Waals surface area contributed by atoms with Crippen molar-refractivity contribution in [3.05, 3.63) is 139 Å². The molecule has 9 aromatic rings. The molecule has 0 aliphatic rings. The lowest BCUT2D eigenvalue weighted by Gasteiger charge is -2.15. The SMILES string of the molecule is N#Cc1cc(-c2ccccc2-n2c3ccccc3n3c4ccccc4nc23)cc(-n2c3ccccc3c3cccnc32)c1. The average Bonchev–Trinajstić information content (AvgIpc) is 3.71. The molecule has 200 valence electrons. The van der Waals surface area contributed by atoms with Gasteiger partial charge in [0.05, 0.1) is 44.9 Å². The Kier molecular flexibility index (Phi) is 4.87. The number of hydrogen-bond donors (Lipinski definition) is 0. The summed E-state index contributed by atoms with van der Waals surface area (Å²) in [5, 5.41) is 12.4. The second-order valence-corrected chi connectivity index (χ2v) is 10.7. The number of hydrogen-bond acceptors (Lipinski definition) is 3. The van der Waals surface area contributed by atoms with Crippen molar-refractivity contribution >= 4 is 49.8 Å². The molecule has 0 spiro atoms. The van der Waals surface area contributed by atoms with Crippen LogP contribution in [0.4, 0.5) is 0 Å². The highest BCUT2D eigenvalue weighted by molar-refractivity contribution is 6.08. The van der Waals surface area contributed by atoms with Gasteiger partial charge in [0.2, 0.25) is 5.78 Å². The van der Waals surface area contributed by atoms with E-state index in [-0.39, 0.29) is 0 Å². The Bertz CT molecular complexity index is 2540. The van der Waals surface area contributed by atoms with Gasteiger partial charge in [0, 0.05) is 28.2 Å². The molecule has 4 aromatic heterocycles. The fourth-order valence-electron chi connectivity index (χ4n) is 6.52. The van der Waals surface area contributed by atoms with Crippen LogP contribution in [-0.2, 0) is 0 Å². The Morgan fingerprint density at radius 3 is 2.21 bits per heavy atom. The number of benzene rings is 5. The first-order chi connectivity index (χ1) is 21.3. The van der Waals surface area contributed by atoms with Gasteiger partial charge in [-0.2, -0.15) is 5.26 Å². The van der Waals surface area contributed by atoms with Crippen molar-refractivity contribution in [2.75, 3.05) is 0 Å². The van der Waals surface area contributed by atoms with E-state index in [9.17, 15) is 5.26 Å². The van der Waals surface area contributed by atoms with E-state index < -0.39 is 0 Å². The minimum absolute atomic E-state index is 0.582. The van der Waals surface area contributed by atoms with Gasteiger partial charge in [0.25, 0.3) is 0 Å². The molecule has 43 heavy (non-hydrogen) atoms. The zero-order valence-electron chi connectivity index (χ0n) is 22.9. The standard InChI is InChI=1S/C37H22N6/c38-23-24-20-25(22-26(21-24)41-32-15-5-2-11-28(32)29-12-9-19-39-36(29)41)27-10-1-4-14-31(27)42-34-17-7-8-18-35(34)43-33-16-6-3-13-30(33)40-37(42)43/h1-22H. The molecule has 6 heteroatoms. The first-order valence-corrected chi connectivity index (χ1v) is 14.2. The largest absolute Gasteiger partial charge is 0.294 e. The van der Waals surface area contributed by atoms with Crippen LogP contribution in [0.1, 0.15) is 5.56 Å². The quantitative estimate of drug-likeness (QED) is 0.222. The van der Waals surface area contributed by atoms with Crippen LogP contribution in [0.25, 0.3) is 72.3 Å². The highest BCUT2D eigenvalue weighted by Gasteiger charge is 2.20. The number of imidazole rings is 2. The van der Waals surface area contributed by atoms with Crippen molar-refractivity contribution in [1.82, 2.24) is 23.5 Å². The summed E-state index contributed by atoms with van der Waals surface area (Å²) in [6, 6.07) is 45.8. The third kappa shape index (κ3) is 3.33. The van der Waals surface area contributed by atoms with Crippen molar-refractivity contribution in [2.45, 2.75) is 0 Å². The van der Waals surface area contributed by atoms with Crippen molar-refractivity contribution in [3.8, 4) is 28.6 Å². The molecule has 4 heterocycles. The molecule has 0 unspecified atom stereocenters. The lowest BCUT2D eigenvalue weighted by molar-refractivity contribution is 1.11. The molecule has 5 aromatic carbocycles. The maximum atomic E-state index is 10.2. The topological polar surface area (TPSA) is 63.8 Å². The maximum absolute atomic E-state index is 10.2. The molecule has 0 saturated carbocycles. The summed E-state index contributed by atoms with van der Waals surface area (Å²) in [6.45, 7) is 0. The average molecular weight is 551 g/mol. The number of aromatic nitrogens is 5. The molecular formula is C37H22N6. The summed E-state index contributed by atoms with van der Waals surface area (Å²) >= 11 is 0. The van der Waals surface area contributed by atoms with Gasteiger partial charge < -0.3 is 0 Å². The summed E-state index contributed by atoms with van der Waals surface area (Å²) in [6.07, 6.45) is 1.82. The fourth-order valence-corrected chi connectivity index (χ4v) is 6.52. The third-order valence-electron chi connectivity index (χ3n) is 8.30. The number of rotatable bonds is 3. The molecule has 0 radical (unpaired) electrons. The van der Waals surface area contributed by atoms with E-state index in [1.54, 1.807) is 0 Å². The van der Waals surface area contributed by atoms with E-state index in [2.05, 4.69) is 105 Å². The van der Waals surface area contributed by atoms with Gasteiger partial charge in [-0.3, -0.25) is 13.5 Å². The van der Waals surface area contributed by atoms with Crippen LogP contribution in [0.15, 0.2) is 134 Å². The summed E-state index contributed by atoms with van der Waals surface area (Å²) in [7, 11) is 0. The van der Waals surface area contributed by atoms with Gasteiger partial charge in [-0.25, -0.2) is 9.97 Å². The number of pyridine rings is 1. The van der Waals surface area contributed by atoms with Crippen molar-refractivity contribution in [3.63, 3.8) is 0 Å². The summed E-state index contributed by atoms with van der Waals surface area (Å²) in [4.78, 5) is 9.85. The predicted molar refractivity (Wildman–Crippen MR) is 172 cm³/mol. The number of nitrogens with zero attached hydrogens (tertiary/aromatic N) is 6. The third-order valence-corrected chi connectivity index (χ3v) is 8.30. The molecule has 0 aliphatic heterocycles. The summed E-state index contributed by atoms with van der Waals surface area (Å²) < 4.78 is 6.61. The van der Waals surface area contributed by atoms with Gasteiger partial charge in [-0.1, -0.05) is 60.7 Å². The highest BCUT2D eigenvalue weighted by atomic mass is 15.2. The summed E-state index contributed by atoms with van der Waals surface area (Å²) in [5.74, 6) is 0.845. The van der Waals surface area contributed by atoms with Crippen LogP contribution < -0.4 is 0 Å². The van der Waals surface area contributed by atoms with Crippen LogP contribution in [0.3, 0.4) is 0 Å². The molecule has 0 aliphatic carbocycles. The van der Waals surface area contributed by atoms with Crippen LogP contribution in [0.5, 0.6) is 0 Å². The number of fused-ring (bicyclic) bond motifs is 8.